The van der Waals surface area contributed by atoms with Gasteiger partial charge in [-0.05, 0) is 61.9 Å². The largest absolute Gasteiger partial charge is 0.343 e. The maximum Gasteiger partial charge on any atom is 0.343 e. The van der Waals surface area contributed by atoms with Crippen molar-refractivity contribution in [2.45, 2.75) is 51.6 Å². The second-order valence-corrected chi connectivity index (χ2v) is 7.97. The Bertz CT molecular complexity index is 1050. The Labute approximate surface area is 169 Å². The third-order valence-corrected chi connectivity index (χ3v) is 6.02. The zero-order chi connectivity index (χ0) is 20.3. The third kappa shape index (κ3) is 4.28. The van der Waals surface area contributed by atoms with Crippen molar-refractivity contribution in [1.29, 1.82) is 0 Å². The third-order valence-electron chi connectivity index (χ3n) is 5.02. The molecule has 146 valence electrons. The van der Waals surface area contributed by atoms with E-state index >= 15 is 0 Å². The molecule has 3 aromatic rings. The van der Waals surface area contributed by atoms with E-state index in [4.69, 9.17) is 0 Å². The number of hydrogen-bond acceptors (Lipinski definition) is 4. The van der Waals surface area contributed by atoms with Gasteiger partial charge >= 0.3 is 5.69 Å². The molecule has 0 aliphatic rings. The fourth-order valence-electron chi connectivity index (χ4n) is 3.62. The van der Waals surface area contributed by atoms with Crippen LogP contribution in [0.1, 0.15) is 45.1 Å². The number of nitrogens with one attached hydrogen (secondary N) is 1. The topological polar surface area (TPSA) is 67.8 Å². The molecular weight excluding hydrogens is 370 g/mol. The minimum atomic E-state index is -0.194. The average Bonchev–Trinajstić information content (AvgIpc) is 2.99. The van der Waals surface area contributed by atoms with E-state index in [1.165, 1.54) is 17.3 Å². The Kier molecular flexibility index (Phi) is 6.19. The number of Topliss-reactive ketones (excluding diaryl/α,β-unsaturated/α-hetero) is 1. The van der Waals surface area contributed by atoms with E-state index in [9.17, 15) is 9.59 Å². The number of nitrogens with zero attached hydrogens (tertiary/aromatic N) is 2. The number of carbonyl (C=O) groups is 1. The smallest absolute Gasteiger partial charge is 0.294 e. The van der Waals surface area contributed by atoms with Crippen molar-refractivity contribution < 1.29 is 4.79 Å². The molecule has 0 aliphatic heterocycles. The van der Waals surface area contributed by atoms with E-state index in [0.717, 1.165) is 34.2 Å². The van der Waals surface area contributed by atoms with E-state index in [-0.39, 0.29) is 11.5 Å². The number of aryl methyl sites for hydroxylation is 3. The molecule has 0 atom stereocenters. The molecule has 28 heavy (non-hydrogen) atoms. The van der Waals surface area contributed by atoms with Crippen LogP contribution in [0.2, 0.25) is 0 Å². The molecule has 0 amide bonds. The summed E-state index contributed by atoms with van der Waals surface area (Å²) in [5.74, 6) is 0.745. The number of H-pyrrole nitrogens is 1. The van der Waals surface area contributed by atoms with Crippen LogP contribution in [0.4, 0.5) is 0 Å². The predicted molar refractivity (Wildman–Crippen MR) is 113 cm³/mol. The number of benzene rings is 2. The molecule has 1 N–H and O–H groups in total. The summed E-state index contributed by atoms with van der Waals surface area (Å²) < 4.78 is 1.68. The van der Waals surface area contributed by atoms with Crippen LogP contribution in [0.3, 0.4) is 0 Å². The Morgan fingerprint density at radius 3 is 2.54 bits per heavy atom. The van der Waals surface area contributed by atoms with Crippen LogP contribution in [-0.4, -0.2) is 20.5 Å². The minimum absolute atomic E-state index is 0.0841. The van der Waals surface area contributed by atoms with Crippen LogP contribution in [0.25, 0.3) is 0 Å². The summed E-state index contributed by atoms with van der Waals surface area (Å²) in [6, 6.07) is 12.2. The number of thioether (sulfide) groups is 1. The van der Waals surface area contributed by atoms with Crippen molar-refractivity contribution in [1.82, 2.24) is 14.8 Å². The average molecular weight is 396 g/mol. The van der Waals surface area contributed by atoms with Gasteiger partial charge in [0.1, 0.15) is 0 Å². The second-order valence-electron chi connectivity index (χ2n) is 7.03. The molecule has 3 rings (SSSR count). The number of rotatable bonds is 7. The van der Waals surface area contributed by atoms with E-state index in [0.29, 0.717) is 17.5 Å². The summed E-state index contributed by atoms with van der Waals surface area (Å²) >= 11 is 1.52. The molecule has 5 nitrogen and oxygen atoms in total. The molecule has 2 aromatic carbocycles. The molecule has 0 saturated heterocycles. The van der Waals surface area contributed by atoms with Gasteiger partial charge in [-0.2, -0.15) is 0 Å². The maximum absolute atomic E-state index is 12.2. The maximum atomic E-state index is 12.2. The van der Waals surface area contributed by atoms with Crippen LogP contribution in [0.15, 0.2) is 46.3 Å². The highest BCUT2D eigenvalue weighted by Crippen LogP contribution is 2.28. The normalized spacial score (nSPS) is 11.0. The molecule has 0 aliphatic carbocycles. The van der Waals surface area contributed by atoms with Crippen molar-refractivity contribution in [3.8, 4) is 0 Å². The zero-order valence-corrected chi connectivity index (χ0v) is 17.5. The Balaban J connectivity index is 1.80. The van der Waals surface area contributed by atoms with Gasteiger partial charge < -0.3 is 0 Å². The van der Waals surface area contributed by atoms with Gasteiger partial charge in [0.15, 0.2) is 10.9 Å². The molecular formula is C22H25N3O2S. The number of ketones is 1. The van der Waals surface area contributed by atoms with E-state index in [1.54, 1.807) is 11.5 Å². The lowest BCUT2D eigenvalue weighted by atomic mass is 9.92. The quantitative estimate of drug-likeness (QED) is 0.480. The molecule has 0 saturated carbocycles. The van der Waals surface area contributed by atoms with Crippen LogP contribution in [-0.2, 0) is 18.7 Å². The van der Waals surface area contributed by atoms with Gasteiger partial charge in [0, 0.05) is 17.9 Å². The first-order valence-corrected chi connectivity index (χ1v) is 10.3. The molecule has 0 fully saturated rings. The lowest BCUT2D eigenvalue weighted by Crippen LogP contribution is -2.19. The first-order valence-electron chi connectivity index (χ1n) is 9.31. The van der Waals surface area contributed by atoms with E-state index < -0.39 is 0 Å². The molecule has 0 spiro atoms. The van der Waals surface area contributed by atoms with Gasteiger partial charge in [-0.15, -0.1) is 5.10 Å². The van der Waals surface area contributed by atoms with Gasteiger partial charge in [-0.3, -0.25) is 9.36 Å². The Morgan fingerprint density at radius 1 is 1.14 bits per heavy atom. The van der Waals surface area contributed by atoms with E-state index in [2.05, 4.69) is 35.3 Å². The fourth-order valence-corrected chi connectivity index (χ4v) is 4.78. The summed E-state index contributed by atoms with van der Waals surface area (Å²) in [7, 11) is 0. The summed E-state index contributed by atoms with van der Waals surface area (Å²) in [6.07, 6.45) is 0.769. The lowest BCUT2D eigenvalue weighted by molar-refractivity contribution is 0.101. The monoisotopic (exact) mass is 395 g/mol. The molecule has 0 bridgehead atoms. The highest BCUT2D eigenvalue weighted by Gasteiger charge is 2.16. The zero-order valence-electron chi connectivity index (χ0n) is 16.7. The van der Waals surface area contributed by atoms with Crippen LogP contribution < -0.4 is 5.69 Å². The van der Waals surface area contributed by atoms with Gasteiger partial charge in [0.05, 0.1) is 0 Å². The number of aromatic amines is 1. The summed E-state index contributed by atoms with van der Waals surface area (Å²) in [5.41, 5.74) is 6.10. The molecule has 0 radical (unpaired) electrons. The molecule has 1 heterocycles. The first kappa shape index (κ1) is 20.1. The molecule has 1 aromatic heterocycles. The van der Waals surface area contributed by atoms with Gasteiger partial charge in [0.25, 0.3) is 0 Å². The highest BCUT2D eigenvalue weighted by molar-refractivity contribution is 7.98. The summed E-state index contributed by atoms with van der Waals surface area (Å²) in [5, 5.41) is 7.43. The predicted octanol–water partition coefficient (Wildman–Crippen LogP) is 4.23. The van der Waals surface area contributed by atoms with E-state index in [1.807, 2.05) is 32.0 Å². The van der Waals surface area contributed by atoms with Crippen LogP contribution >= 0.6 is 11.8 Å². The SMILES string of the molecule is CC(=O)c1c(C)cc(C)c(CSc2n[nH]c(=O)n2CCc2ccccc2)c1C. The van der Waals surface area contributed by atoms with Crippen molar-refractivity contribution in [2.24, 2.45) is 0 Å². The Morgan fingerprint density at radius 2 is 1.86 bits per heavy atom. The number of aromatic nitrogens is 3. The standard InChI is InChI=1S/C22H25N3O2S/c1-14-12-15(2)20(17(4)26)16(3)19(14)13-28-22-24-23-21(27)25(22)11-10-18-8-6-5-7-9-18/h5-9,12H,10-11,13H2,1-4H3,(H,23,27). The second kappa shape index (κ2) is 8.61. The van der Waals surface area contributed by atoms with Gasteiger partial charge in [0.2, 0.25) is 0 Å². The van der Waals surface area contributed by atoms with Crippen molar-refractivity contribution in [3.05, 3.63) is 80.3 Å². The lowest BCUT2D eigenvalue weighted by Gasteiger charge is -2.15. The first-order chi connectivity index (χ1) is 13.4. The summed E-state index contributed by atoms with van der Waals surface area (Å²) in [4.78, 5) is 24.2. The van der Waals surface area contributed by atoms with Crippen LogP contribution in [0, 0.1) is 20.8 Å². The highest BCUT2D eigenvalue weighted by atomic mass is 32.2. The molecule has 0 unspecified atom stereocenters. The fraction of sp³-hybridized carbons (Fsp3) is 0.318. The van der Waals surface area contributed by atoms with Gasteiger partial charge in [-0.25, -0.2) is 9.89 Å². The van der Waals surface area contributed by atoms with Gasteiger partial charge in [-0.1, -0.05) is 48.2 Å². The number of hydrogen-bond donors (Lipinski definition) is 1. The Hall–Kier alpha value is -2.60. The molecule has 6 heteroatoms. The van der Waals surface area contributed by atoms with Crippen molar-refractivity contribution in [3.63, 3.8) is 0 Å². The summed E-state index contributed by atoms with van der Waals surface area (Å²) in [6.45, 7) is 8.22. The van der Waals surface area contributed by atoms with Crippen molar-refractivity contribution in [2.75, 3.05) is 0 Å². The van der Waals surface area contributed by atoms with Crippen molar-refractivity contribution >= 4 is 17.5 Å². The number of carbonyl (C=O) groups excluding carboxylic acids is 1. The minimum Gasteiger partial charge on any atom is -0.294 e. The van der Waals surface area contributed by atoms with Crippen LogP contribution in [0.5, 0.6) is 0 Å².